The standard InChI is InChI=1S/C21H29N9O2/c1-13-11-22-14(2)18-24-16(26-30(13)18)7-8-17-25-19(27-28(17)6)29-10-9-15(12-29)23-20(31)32-21(3,4)5/h7-8,11,15H,9-10,12H2,1-6H3,(H,23,31)/b8-7+. The molecule has 1 atom stereocenters. The lowest BCUT2D eigenvalue weighted by Crippen LogP contribution is -2.40. The fourth-order valence-corrected chi connectivity index (χ4v) is 3.53. The lowest BCUT2D eigenvalue weighted by molar-refractivity contribution is 0.0509. The van der Waals surface area contributed by atoms with E-state index in [0.29, 0.717) is 24.1 Å². The van der Waals surface area contributed by atoms with Gasteiger partial charge in [-0.2, -0.15) is 4.98 Å². The fraction of sp³-hybridized carbons (Fsp3) is 0.524. The molecule has 32 heavy (non-hydrogen) atoms. The second-order valence-corrected chi connectivity index (χ2v) is 9.00. The first kappa shape index (κ1) is 21.7. The molecule has 1 N–H and O–H groups in total. The third kappa shape index (κ3) is 4.71. The number of ether oxygens (including phenoxy) is 1. The van der Waals surface area contributed by atoms with Gasteiger partial charge in [-0.15, -0.1) is 10.2 Å². The first-order valence-electron chi connectivity index (χ1n) is 10.6. The average molecular weight is 440 g/mol. The molecule has 3 aromatic heterocycles. The molecule has 1 saturated heterocycles. The Hall–Kier alpha value is -3.50. The van der Waals surface area contributed by atoms with Gasteiger partial charge in [0.2, 0.25) is 5.95 Å². The van der Waals surface area contributed by atoms with Crippen LogP contribution in [0.4, 0.5) is 10.7 Å². The van der Waals surface area contributed by atoms with E-state index in [1.807, 2.05) is 53.8 Å². The molecule has 1 aliphatic rings. The minimum atomic E-state index is -0.518. The highest BCUT2D eigenvalue weighted by Gasteiger charge is 2.28. The normalized spacial score (nSPS) is 16.9. The number of nitrogens with zero attached hydrogens (tertiary/aromatic N) is 8. The fourth-order valence-electron chi connectivity index (χ4n) is 3.53. The molecule has 1 unspecified atom stereocenters. The van der Waals surface area contributed by atoms with Gasteiger partial charge >= 0.3 is 6.09 Å². The van der Waals surface area contributed by atoms with Crippen LogP contribution in [0.25, 0.3) is 17.8 Å². The predicted octanol–water partition coefficient (Wildman–Crippen LogP) is 2.14. The molecule has 170 valence electrons. The number of hydrogen-bond donors (Lipinski definition) is 1. The highest BCUT2D eigenvalue weighted by atomic mass is 16.6. The summed E-state index contributed by atoms with van der Waals surface area (Å²) in [5.74, 6) is 1.89. The molecule has 4 heterocycles. The molecular formula is C21H29N9O2. The number of anilines is 1. The first-order valence-corrected chi connectivity index (χ1v) is 10.6. The molecule has 0 aromatic carbocycles. The van der Waals surface area contributed by atoms with Crippen LogP contribution in [-0.2, 0) is 11.8 Å². The highest BCUT2D eigenvalue weighted by Crippen LogP contribution is 2.18. The number of carbonyl (C=O) groups is 1. The van der Waals surface area contributed by atoms with Crippen LogP contribution in [0.5, 0.6) is 0 Å². The molecule has 3 aromatic rings. The Labute approximate surface area is 186 Å². The number of aromatic nitrogens is 7. The molecular weight excluding hydrogens is 410 g/mol. The summed E-state index contributed by atoms with van der Waals surface area (Å²) >= 11 is 0. The van der Waals surface area contributed by atoms with E-state index in [9.17, 15) is 4.79 Å². The number of rotatable bonds is 4. The van der Waals surface area contributed by atoms with E-state index in [2.05, 4.69) is 35.4 Å². The van der Waals surface area contributed by atoms with Crippen molar-refractivity contribution in [1.82, 2.24) is 39.7 Å². The van der Waals surface area contributed by atoms with Gasteiger partial charge in [-0.25, -0.2) is 19.0 Å². The van der Waals surface area contributed by atoms with E-state index in [4.69, 9.17) is 4.74 Å². The largest absolute Gasteiger partial charge is 0.444 e. The number of hydrogen-bond acceptors (Lipinski definition) is 8. The third-order valence-electron chi connectivity index (χ3n) is 5.09. The molecule has 1 aliphatic heterocycles. The maximum absolute atomic E-state index is 12.0. The number of carbonyl (C=O) groups excluding carboxylic acids is 1. The van der Waals surface area contributed by atoms with Gasteiger partial charge in [0.15, 0.2) is 17.3 Å². The van der Waals surface area contributed by atoms with Crippen molar-refractivity contribution < 1.29 is 9.53 Å². The third-order valence-corrected chi connectivity index (χ3v) is 5.09. The van der Waals surface area contributed by atoms with Crippen LogP contribution < -0.4 is 10.2 Å². The monoisotopic (exact) mass is 439 g/mol. The number of nitrogens with one attached hydrogen (secondary N) is 1. The van der Waals surface area contributed by atoms with E-state index in [1.54, 1.807) is 15.4 Å². The average Bonchev–Trinajstić information content (AvgIpc) is 3.40. The summed E-state index contributed by atoms with van der Waals surface area (Å²) < 4.78 is 8.84. The Morgan fingerprint density at radius 2 is 2.00 bits per heavy atom. The lowest BCUT2D eigenvalue weighted by atomic mass is 10.2. The number of fused-ring (bicyclic) bond motifs is 1. The smallest absolute Gasteiger partial charge is 0.407 e. The van der Waals surface area contributed by atoms with E-state index >= 15 is 0 Å². The zero-order valence-electron chi connectivity index (χ0n) is 19.3. The molecule has 1 amide bonds. The van der Waals surface area contributed by atoms with E-state index < -0.39 is 11.7 Å². The van der Waals surface area contributed by atoms with Crippen molar-refractivity contribution in [2.45, 2.75) is 52.7 Å². The van der Waals surface area contributed by atoms with Crippen LogP contribution in [0, 0.1) is 13.8 Å². The minimum absolute atomic E-state index is 0.00471. The Morgan fingerprint density at radius 1 is 1.22 bits per heavy atom. The maximum atomic E-state index is 12.0. The van der Waals surface area contributed by atoms with Crippen molar-refractivity contribution >= 4 is 29.8 Å². The van der Waals surface area contributed by atoms with Gasteiger partial charge in [0, 0.05) is 26.3 Å². The van der Waals surface area contributed by atoms with Crippen LogP contribution in [0.2, 0.25) is 0 Å². The van der Waals surface area contributed by atoms with Gasteiger partial charge in [0.05, 0.1) is 17.4 Å². The molecule has 11 nitrogen and oxygen atoms in total. The van der Waals surface area contributed by atoms with Gasteiger partial charge in [-0.1, -0.05) is 0 Å². The van der Waals surface area contributed by atoms with Crippen molar-refractivity contribution in [3.8, 4) is 0 Å². The van der Waals surface area contributed by atoms with Crippen LogP contribution in [0.15, 0.2) is 6.20 Å². The maximum Gasteiger partial charge on any atom is 0.407 e. The van der Waals surface area contributed by atoms with Gasteiger partial charge in [-0.3, -0.25) is 4.98 Å². The molecule has 11 heteroatoms. The Balaban J connectivity index is 1.43. The molecule has 0 bridgehead atoms. The summed E-state index contributed by atoms with van der Waals surface area (Å²) in [4.78, 5) is 27.6. The quantitative estimate of drug-likeness (QED) is 0.657. The van der Waals surface area contributed by atoms with Crippen molar-refractivity contribution in [3.05, 3.63) is 29.2 Å². The number of alkyl carbamates (subject to hydrolysis) is 1. The summed E-state index contributed by atoms with van der Waals surface area (Å²) in [6.45, 7) is 10.8. The highest BCUT2D eigenvalue weighted by molar-refractivity contribution is 5.68. The van der Waals surface area contributed by atoms with Crippen molar-refractivity contribution in [1.29, 1.82) is 0 Å². The number of amides is 1. The summed E-state index contributed by atoms with van der Waals surface area (Å²) in [7, 11) is 1.85. The molecule has 0 spiro atoms. The Bertz CT molecular complexity index is 1130. The topological polar surface area (TPSA) is 115 Å². The molecule has 1 fully saturated rings. The van der Waals surface area contributed by atoms with Crippen molar-refractivity contribution in [2.24, 2.45) is 7.05 Å². The van der Waals surface area contributed by atoms with Gasteiger partial charge < -0.3 is 15.0 Å². The van der Waals surface area contributed by atoms with E-state index in [-0.39, 0.29) is 6.04 Å². The van der Waals surface area contributed by atoms with Gasteiger partial charge in [0.25, 0.3) is 0 Å². The molecule has 0 radical (unpaired) electrons. The molecule has 0 saturated carbocycles. The van der Waals surface area contributed by atoms with Gasteiger partial charge in [-0.05, 0) is 53.2 Å². The summed E-state index contributed by atoms with van der Waals surface area (Å²) in [5, 5.41) is 12.0. The second kappa shape index (κ2) is 8.21. The van der Waals surface area contributed by atoms with Crippen LogP contribution >= 0.6 is 0 Å². The Morgan fingerprint density at radius 3 is 2.72 bits per heavy atom. The van der Waals surface area contributed by atoms with Gasteiger partial charge in [0.1, 0.15) is 5.60 Å². The zero-order chi connectivity index (χ0) is 23.0. The zero-order valence-corrected chi connectivity index (χ0v) is 19.3. The number of aryl methyl sites for hydroxylation is 3. The summed E-state index contributed by atoms with van der Waals surface area (Å²) in [6.07, 6.45) is 5.84. The van der Waals surface area contributed by atoms with E-state index in [1.165, 1.54) is 0 Å². The first-order chi connectivity index (χ1) is 15.1. The molecule has 4 rings (SSSR count). The summed E-state index contributed by atoms with van der Waals surface area (Å²) in [5.41, 5.74) is 1.97. The minimum Gasteiger partial charge on any atom is -0.444 e. The van der Waals surface area contributed by atoms with Crippen molar-refractivity contribution in [2.75, 3.05) is 18.0 Å². The summed E-state index contributed by atoms with van der Waals surface area (Å²) in [6, 6.07) is -0.00471. The van der Waals surface area contributed by atoms with Crippen molar-refractivity contribution in [3.63, 3.8) is 0 Å². The second-order valence-electron chi connectivity index (χ2n) is 9.00. The van der Waals surface area contributed by atoms with Crippen LogP contribution in [0.3, 0.4) is 0 Å². The van der Waals surface area contributed by atoms with Crippen LogP contribution in [-0.4, -0.2) is 65.2 Å². The Kier molecular flexibility index (Phi) is 5.57. The van der Waals surface area contributed by atoms with E-state index in [0.717, 1.165) is 30.0 Å². The molecule has 0 aliphatic carbocycles. The SMILES string of the molecule is Cc1ncc(C)n2nc(/C=C/c3nc(N4CCC(NC(=O)OC(C)(C)C)C4)nn3C)nc12. The lowest BCUT2D eigenvalue weighted by Gasteiger charge is -2.21. The predicted molar refractivity (Wildman–Crippen MR) is 120 cm³/mol. The van der Waals surface area contributed by atoms with Crippen LogP contribution in [0.1, 0.15) is 50.2 Å².